The molecule has 0 bridgehead atoms. The molecule has 0 fully saturated rings. The number of allylic oxidation sites excluding steroid dienone is 1. The Labute approximate surface area is 171 Å². The van der Waals surface area contributed by atoms with Gasteiger partial charge in [0.25, 0.3) is 0 Å². The highest BCUT2D eigenvalue weighted by Crippen LogP contribution is 2.50. The maximum absolute atomic E-state index is 6.76. The summed E-state index contributed by atoms with van der Waals surface area (Å²) in [6.07, 6.45) is 12.6. The third kappa shape index (κ3) is 8.44. The van der Waals surface area contributed by atoms with Crippen LogP contribution in [0.1, 0.15) is 32.1 Å². The van der Waals surface area contributed by atoms with E-state index < -0.39 is 24.7 Å². The number of terminal acetylenes is 1. The van der Waals surface area contributed by atoms with Crippen molar-refractivity contribution < 1.29 is 8.85 Å². The number of hydrogen-bond donors (Lipinski definition) is 0. The van der Waals surface area contributed by atoms with Crippen LogP contribution in [0.5, 0.6) is 0 Å². The lowest BCUT2D eigenvalue weighted by molar-refractivity contribution is 0.0388. The zero-order valence-corrected chi connectivity index (χ0v) is 22.1. The normalized spacial score (nSPS) is 21.7. The third-order valence-electron chi connectivity index (χ3n) is 4.41. The van der Waals surface area contributed by atoms with Crippen LogP contribution in [0.25, 0.3) is 0 Å². The van der Waals surface area contributed by atoms with Crippen molar-refractivity contribution in [1.82, 2.24) is 0 Å². The first kappa shape index (κ1) is 24.3. The first-order valence-electron chi connectivity index (χ1n) is 10.2. The molecule has 0 saturated heterocycles. The van der Waals surface area contributed by atoms with Crippen molar-refractivity contribution in [2.75, 3.05) is 0 Å². The summed E-state index contributed by atoms with van der Waals surface area (Å²) in [4.78, 5) is 0. The van der Waals surface area contributed by atoms with Gasteiger partial charge in [-0.25, -0.2) is 0 Å². The van der Waals surface area contributed by atoms with Gasteiger partial charge in [-0.3, -0.25) is 0 Å². The maximum Gasteiger partial charge on any atom is 0.241 e. The summed E-state index contributed by atoms with van der Waals surface area (Å²) < 4.78 is 13.3. The lowest BCUT2D eigenvalue weighted by Gasteiger charge is -2.43. The molecule has 0 unspecified atom stereocenters. The molecule has 0 N–H and O–H groups in total. The van der Waals surface area contributed by atoms with Gasteiger partial charge in [0.1, 0.15) is 8.07 Å². The van der Waals surface area contributed by atoms with Crippen LogP contribution >= 0.6 is 0 Å². The van der Waals surface area contributed by atoms with Crippen LogP contribution in [0.2, 0.25) is 58.9 Å². The largest absolute Gasteiger partial charge is 0.547 e. The van der Waals surface area contributed by atoms with Gasteiger partial charge in [-0.2, -0.15) is 0 Å². The molecule has 1 aliphatic carbocycles. The van der Waals surface area contributed by atoms with Crippen LogP contribution in [0, 0.1) is 29.2 Å². The van der Waals surface area contributed by atoms with Crippen LogP contribution in [-0.2, 0) is 8.85 Å². The van der Waals surface area contributed by atoms with Crippen LogP contribution in [-0.4, -0.2) is 30.8 Å². The predicted octanol–water partition coefficient (Wildman–Crippen LogP) is 6.41. The fourth-order valence-corrected chi connectivity index (χ4v) is 6.21. The minimum Gasteiger partial charge on any atom is -0.547 e. The van der Waals surface area contributed by atoms with E-state index >= 15 is 0 Å². The van der Waals surface area contributed by atoms with Crippen LogP contribution < -0.4 is 0 Å². The van der Waals surface area contributed by atoms with Gasteiger partial charge in [-0.15, -0.1) is 23.8 Å². The molecule has 0 amide bonds. The van der Waals surface area contributed by atoms with E-state index in [0.717, 1.165) is 37.9 Å². The fourth-order valence-electron chi connectivity index (χ4n) is 3.47. The maximum atomic E-state index is 6.76. The molecular formula is C22H40O2Si3. The van der Waals surface area contributed by atoms with Crippen molar-refractivity contribution in [2.24, 2.45) is 5.41 Å². The Morgan fingerprint density at radius 2 is 1.70 bits per heavy atom. The van der Waals surface area contributed by atoms with Gasteiger partial charge in [0.15, 0.2) is 8.32 Å². The van der Waals surface area contributed by atoms with E-state index in [1.807, 2.05) is 0 Å². The van der Waals surface area contributed by atoms with Gasteiger partial charge in [0.05, 0.1) is 17.3 Å². The molecule has 0 saturated carbocycles. The summed E-state index contributed by atoms with van der Waals surface area (Å²) in [6, 6.07) is 0. The van der Waals surface area contributed by atoms with Gasteiger partial charge < -0.3 is 8.85 Å². The Bertz CT molecular complexity index is 630. The standard InChI is InChI=1S/C22H40O2Si3/c1-11-12-17-22(18-13-15-20(22)23-26(5,6)7)21(24-27(8,9)10)16-14-19-25(2,3)4/h1,15,21H,12-13,16-18H2,2-10H3/t21-,22+/m0/s1. The van der Waals surface area contributed by atoms with Crippen molar-refractivity contribution in [2.45, 2.75) is 97.1 Å². The first-order chi connectivity index (χ1) is 12.2. The SMILES string of the molecule is C#CCC[C@@]1([C@H](CC#C[Si](C)(C)C)O[Si](C)(C)C)CCC=C1O[Si](C)(C)C. The lowest BCUT2D eigenvalue weighted by atomic mass is 9.75. The van der Waals surface area contributed by atoms with Crippen molar-refractivity contribution in [3.05, 3.63) is 11.8 Å². The van der Waals surface area contributed by atoms with Crippen LogP contribution in [0.3, 0.4) is 0 Å². The minimum atomic E-state index is -1.74. The molecule has 5 heteroatoms. The Morgan fingerprint density at radius 1 is 1.07 bits per heavy atom. The summed E-state index contributed by atoms with van der Waals surface area (Å²) in [5.41, 5.74) is 3.41. The van der Waals surface area contributed by atoms with Crippen molar-refractivity contribution in [1.29, 1.82) is 0 Å². The monoisotopic (exact) mass is 420 g/mol. The molecule has 0 heterocycles. The molecule has 152 valence electrons. The molecule has 1 aliphatic rings. The van der Waals surface area contributed by atoms with Gasteiger partial charge in [0.2, 0.25) is 8.32 Å². The van der Waals surface area contributed by atoms with Crippen LogP contribution in [0.4, 0.5) is 0 Å². The second kappa shape index (κ2) is 9.18. The number of rotatable bonds is 8. The van der Waals surface area contributed by atoms with E-state index in [2.05, 4.69) is 82.4 Å². The summed E-state index contributed by atoms with van der Waals surface area (Å²) in [6.45, 7) is 20.4. The molecule has 27 heavy (non-hydrogen) atoms. The topological polar surface area (TPSA) is 18.5 Å². The summed E-state index contributed by atoms with van der Waals surface area (Å²) >= 11 is 0. The third-order valence-corrected chi connectivity index (χ3v) is 7.16. The highest BCUT2D eigenvalue weighted by Gasteiger charge is 2.47. The minimum absolute atomic E-state index is 0.0615. The zero-order valence-electron chi connectivity index (χ0n) is 19.1. The van der Waals surface area contributed by atoms with Gasteiger partial charge in [0, 0.05) is 12.8 Å². The molecule has 0 aromatic heterocycles. The highest BCUT2D eigenvalue weighted by atomic mass is 28.4. The van der Waals surface area contributed by atoms with Crippen molar-refractivity contribution in [3.63, 3.8) is 0 Å². The predicted molar refractivity (Wildman–Crippen MR) is 126 cm³/mol. The van der Waals surface area contributed by atoms with Crippen LogP contribution in [0.15, 0.2) is 11.8 Å². The average Bonchev–Trinajstić information content (AvgIpc) is 2.83. The first-order valence-corrected chi connectivity index (χ1v) is 20.5. The van der Waals surface area contributed by atoms with E-state index in [-0.39, 0.29) is 11.5 Å². The molecule has 0 aliphatic heterocycles. The van der Waals surface area contributed by atoms with Gasteiger partial charge in [-0.1, -0.05) is 19.6 Å². The summed E-state index contributed by atoms with van der Waals surface area (Å²) in [5.74, 6) is 7.49. The van der Waals surface area contributed by atoms with Gasteiger partial charge >= 0.3 is 0 Å². The van der Waals surface area contributed by atoms with E-state index in [1.54, 1.807) is 0 Å². The smallest absolute Gasteiger partial charge is 0.241 e. The van der Waals surface area contributed by atoms with E-state index in [9.17, 15) is 0 Å². The molecule has 2 atom stereocenters. The van der Waals surface area contributed by atoms with Crippen molar-refractivity contribution >= 4 is 24.7 Å². The van der Waals surface area contributed by atoms with Gasteiger partial charge in [-0.05, 0) is 64.6 Å². The Balaban J connectivity index is 3.31. The Hall–Kier alpha value is -0.729. The summed E-state index contributed by atoms with van der Waals surface area (Å²) in [5, 5.41) is 0. The second-order valence-corrected chi connectivity index (χ2v) is 24.3. The fraction of sp³-hybridized carbons (Fsp3) is 0.727. The quantitative estimate of drug-likeness (QED) is 0.334. The lowest BCUT2D eigenvalue weighted by Crippen LogP contribution is -2.45. The molecule has 0 aromatic carbocycles. The molecule has 0 spiro atoms. The number of hydrogen-bond acceptors (Lipinski definition) is 2. The van der Waals surface area contributed by atoms with E-state index in [1.165, 1.54) is 0 Å². The van der Waals surface area contributed by atoms with E-state index in [0.29, 0.717) is 0 Å². The highest BCUT2D eigenvalue weighted by molar-refractivity contribution is 6.83. The van der Waals surface area contributed by atoms with E-state index in [4.69, 9.17) is 15.3 Å². The molecule has 2 nitrogen and oxygen atoms in total. The molecular weight excluding hydrogens is 380 g/mol. The Kier molecular flexibility index (Phi) is 8.26. The zero-order chi connectivity index (χ0) is 20.9. The summed E-state index contributed by atoms with van der Waals surface area (Å²) in [7, 11) is -4.85. The molecule has 1 rings (SSSR count). The average molecular weight is 421 g/mol. The molecule has 0 aromatic rings. The molecule has 0 radical (unpaired) electrons. The Morgan fingerprint density at radius 3 is 2.19 bits per heavy atom. The van der Waals surface area contributed by atoms with Crippen molar-refractivity contribution in [3.8, 4) is 23.8 Å². The second-order valence-electron chi connectivity index (χ2n) is 10.7.